The minimum atomic E-state index is -0.954. The van der Waals surface area contributed by atoms with Crippen LogP contribution in [0.1, 0.15) is 39.1 Å². The summed E-state index contributed by atoms with van der Waals surface area (Å²) in [6.07, 6.45) is 5.51. The van der Waals surface area contributed by atoms with Gasteiger partial charge in [-0.1, -0.05) is 5.92 Å². The molecule has 2 aliphatic heterocycles. The third kappa shape index (κ3) is 1.91. The first-order valence-corrected chi connectivity index (χ1v) is 6.35. The number of terminal acetylenes is 1. The Bertz CT molecular complexity index is 745. The molecule has 0 saturated carbocycles. The largest absolute Gasteiger partial charge is 0.295 e. The summed E-state index contributed by atoms with van der Waals surface area (Å²) in [5.74, 6) is 0.279. The second-order valence-corrected chi connectivity index (χ2v) is 4.85. The fourth-order valence-electron chi connectivity index (χ4n) is 2.56. The number of rotatable bonds is 1. The van der Waals surface area contributed by atoms with Crippen molar-refractivity contribution in [3.8, 4) is 12.3 Å². The summed E-state index contributed by atoms with van der Waals surface area (Å²) < 4.78 is 0. The zero-order valence-electron chi connectivity index (χ0n) is 10.9. The molecule has 4 amide bonds. The summed E-state index contributed by atoms with van der Waals surface area (Å²) in [7, 11) is 0. The third-order valence-electron chi connectivity index (χ3n) is 3.61. The quantitative estimate of drug-likeness (QED) is 0.583. The normalized spacial score (nSPS) is 21.1. The topological polar surface area (TPSA) is 83.6 Å². The van der Waals surface area contributed by atoms with Gasteiger partial charge in [-0.15, -0.1) is 6.42 Å². The average Bonchev–Trinajstić information content (AvgIpc) is 2.71. The number of carbonyl (C=O) groups is 4. The summed E-state index contributed by atoms with van der Waals surface area (Å²) in [5.41, 5.74) is 0.906. The SMILES string of the molecule is C#Cc1ccc2c(c1)C(=O)N([C@H]1CCC(=O)NC1=O)C2=O. The Morgan fingerprint density at radius 1 is 1.14 bits per heavy atom. The minimum Gasteiger partial charge on any atom is -0.295 e. The van der Waals surface area contributed by atoms with E-state index >= 15 is 0 Å². The number of nitrogens with zero attached hydrogens (tertiary/aromatic N) is 1. The molecule has 1 atom stereocenters. The van der Waals surface area contributed by atoms with Crippen LogP contribution >= 0.6 is 0 Å². The van der Waals surface area contributed by atoms with E-state index in [9.17, 15) is 19.2 Å². The molecule has 0 aromatic heterocycles. The molecule has 21 heavy (non-hydrogen) atoms. The molecule has 1 aromatic rings. The Hall–Kier alpha value is -2.94. The lowest BCUT2D eigenvalue weighted by Crippen LogP contribution is -2.54. The number of nitrogens with one attached hydrogen (secondary N) is 1. The van der Waals surface area contributed by atoms with Crippen molar-refractivity contribution in [2.75, 3.05) is 0 Å². The second-order valence-electron chi connectivity index (χ2n) is 4.85. The van der Waals surface area contributed by atoms with E-state index in [1.165, 1.54) is 12.1 Å². The summed E-state index contributed by atoms with van der Waals surface area (Å²) in [6, 6.07) is 3.56. The molecule has 104 valence electrons. The van der Waals surface area contributed by atoms with Gasteiger partial charge in [0.25, 0.3) is 11.8 Å². The van der Waals surface area contributed by atoms with Gasteiger partial charge < -0.3 is 0 Å². The van der Waals surface area contributed by atoms with Crippen LogP contribution in [0, 0.1) is 12.3 Å². The van der Waals surface area contributed by atoms with Crippen LogP contribution < -0.4 is 5.32 Å². The van der Waals surface area contributed by atoms with Crippen molar-refractivity contribution in [1.29, 1.82) is 0 Å². The second kappa shape index (κ2) is 4.56. The highest BCUT2D eigenvalue weighted by Gasteiger charge is 2.44. The van der Waals surface area contributed by atoms with E-state index in [1.54, 1.807) is 6.07 Å². The predicted octanol–water partition coefficient (Wildman–Crippen LogP) is 0.0691. The maximum absolute atomic E-state index is 12.4. The van der Waals surface area contributed by atoms with E-state index in [0.717, 1.165) is 4.90 Å². The molecule has 1 N–H and O–H groups in total. The van der Waals surface area contributed by atoms with Gasteiger partial charge in [-0.05, 0) is 24.6 Å². The highest BCUT2D eigenvalue weighted by molar-refractivity contribution is 6.23. The summed E-state index contributed by atoms with van der Waals surface area (Å²) in [5, 5.41) is 2.14. The Labute approximate surface area is 120 Å². The zero-order valence-corrected chi connectivity index (χ0v) is 10.9. The molecule has 0 radical (unpaired) electrons. The van der Waals surface area contributed by atoms with Crippen LogP contribution in [0.5, 0.6) is 0 Å². The molecular weight excluding hydrogens is 272 g/mol. The van der Waals surface area contributed by atoms with Crippen LogP contribution in [0.15, 0.2) is 18.2 Å². The van der Waals surface area contributed by atoms with E-state index in [0.29, 0.717) is 5.56 Å². The Kier molecular flexibility index (Phi) is 2.84. The number of amides is 4. The standard InChI is InChI=1S/C15H10N2O4/c1-2-8-3-4-9-10(7-8)15(21)17(14(9)20)11-5-6-12(18)16-13(11)19/h1,3-4,7,11H,5-6H2,(H,16,18,19)/t11-/m0/s1. The Morgan fingerprint density at radius 2 is 1.86 bits per heavy atom. The van der Waals surface area contributed by atoms with E-state index < -0.39 is 29.7 Å². The van der Waals surface area contributed by atoms with Crippen LogP contribution in [-0.2, 0) is 9.59 Å². The number of hydrogen-bond donors (Lipinski definition) is 1. The van der Waals surface area contributed by atoms with Crippen molar-refractivity contribution >= 4 is 23.6 Å². The molecule has 1 fully saturated rings. The van der Waals surface area contributed by atoms with Gasteiger partial charge in [0.2, 0.25) is 11.8 Å². The molecule has 1 aromatic carbocycles. The van der Waals surface area contributed by atoms with Crippen LogP contribution in [-0.4, -0.2) is 34.6 Å². The minimum absolute atomic E-state index is 0.0966. The smallest absolute Gasteiger partial charge is 0.262 e. The van der Waals surface area contributed by atoms with Gasteiger partial charge in [0.1, 0.15) is 6.04 Å². The van der Waals surface area contributed by atoms with Crippen molar-refractivity contribution in [3.63, 3.8) is 0 Å². The van der Waals surface area contributed by atoms with E-state index in [4.69, 9.17) is 6.42 Å². The van der Waals surface area contributed by atoms with Crippen molar-refractivity contribution < 1.29 is 19.2 Å². The van der Waals surface area contributed by atoms with E-state index in [-0.39, 0.29) is 24.0 Å². The lowest BCUT2D eigenvalue weighted by molar-refractivity contribution is -0.136. The predicted molar refractivity (Wildman–Crippen MR) is 71.0 cm³/mol. The molecule has 6 nitrogen and oxygen atoms in total. The monoisotopic (exact) mass is 282 g/mol. The van der Waals surface area contributed by atoms with Gasteiger partial charge >= 0.3 is 0 Å². The lowest BCUT2D eigenvalue weighted by Gasteiger charge is -2.27. The first kappa shape index (κ1) is 13.1. The van der Waals surface area contributed by atoms with E-state index in [2.05, 4.69) is 11.2 Å². The van der Waals surface area contributed by atoms with Gasteiger partial charge in [-0.3, -0.25) is 29.4 Å². The van der Waals surface area contributed by atoms with Gasteiger partial charge in [0.15, 0.2) is 0 Å². The lowest BCUT2D eigenvalue weighted by atomic mass is 10.0. The van der Waals surface area contributed by atoms with Gasteiger partial charge in [-0.25, -0.2) is 0 Å². The molecule has 1 saturated heterocycles. The van der Waals surface area contributed by atoms with Crippen molar-refractivity contribution in [3.05, 3.63) is 34.9 Å². The number of piperidine rings is 1. The molecule has 2 aliphatic rings. The number of carbonyl (C=O) groups excluding carboxylic acids is 4. The molecule has 0 spiro atoms. The van der Waals surface area contributed by atoms with Crippen molar-refractivity contribution in [1.82, 2.24) is 10.2 Å². The molecule has 0 unspecified atom stereocenters. The summed E-state index contributed by atoms with van der Waals surface area (Å²) >= 11 is 0. The first-order chi connectivity index (χ1) is 10.0. The molecule has 0 aliphatic carbocycles. The van der Waals surface area contributed by atoms with Crippen molar-refractivity contribution in [2.45, 2.75) is 18.9 Å². The van der Waals surface area contributed by atoms with Gasteiger partial charge in [0, 0.05) is 12.0 Å². The summed E-state index contributed by atoms with van der Waals surface area (Å²) in [6.45, 7) is 0. The zero-order chi connectivity index (χ0) is 15.1. The number of benzene rings is 1. The Balaban J connectivity index is 1.98. The Morgan fingerprint density at radius 3 is 2.52 bits per heavy atom. The highest BCUT2D eigenvalue weighted by Crippen LogP contribution is 2.28. The van der Waals surface area contributed by atoms with Crippen LogP contribution in [0.25, 0.3) is 0 Å². The van der Waals surface area contributed by atoms with Gasteiger partial charge in [0.05, 0.1) is 11.1 Å². The van der Waals surface area contributed by atoms with E-state index in [1.807, 2.05) is 0 Å². The first-order valence-electron chi connectivity index (χ1n) is 6.35. The molecular formula is C15H10N2O4. The number of imide groups is 2. The number of fused-ring (bicyclic) bond motifs is 1. The maximum atomic E-state index is 12.4. The highest BCUT2D eigenvalue weighted by atomic mass is 16.2. The van der Waals surface area contributed by atoms with Crippen LogP contribution in [0.2, 0.25) is 0 Å². The summed E-state index contributed by atoms with van der Waals surface area (Å²) in [4.78, 5) is 48.6. The molecule has 0 bridgehead atoms. The fraction of sp³-hybridized carbons (Fsp3) is 0.200. The molecule has 6 heteroatoms. The molecule has 2 heterocycles. The van der Waals surface area contributed by atoms with Crippen molar-refractivity contribution in [2.24, 2.45) is 0 Å². The molecule has 3 rings (SSSR count). The number of hydrogen-bond acceptors (Lipinski definition) is 4. The fourth-order valence-corrected chi connectivity index (χ4v) is 2.56. The van der Waals surface area contributed by atoms with Crippen LogP contribution in [0.4, 0.5) is 0 Å². The third-order valence-corrected chi connectivity index (χ3v) is 3.61. The maximum Gasteiger partial charge on any atom is 0.262 e. The van der Waals surface area contributed by atoms with Gasteiger partial charge in [-0.2, -0.15) is 0 Å². The average molecular weight is 282 g/mol. The van der Waals surface area contributed by atoms with Crippen LogP contribution in [0.3, 0.4) is 0 Å².